The van der Waals surface area contributed by atoms with Crippen LogP contribution in [0.25, 0.3) is 10.9 Å². The molecule has 0 unspecified atom stereocenters. The molecule has 2 N–H and O–H groups in total. The molecular weight excluding hydrogens is 238 g/mol. The van der Waals surface area contributed by atoms with E-state index in [1.54, 1.807) is 0 Å². The second kappa shape index (κ2) is 4.17. The molecule has 3 rings (SSSR count). The van der Waals surface area contributed by atoms with E-state index >= 15 is 0 Å². The van der Waals surface area contributed by atoms with Gasteiger partial charge in [-0.1, -0.05) is 0 Å². The zero-order chi connectivity index (χ0) is 12.7. The second-order valence-corrected chi connectivity index (χ2v) is 4.60. The standard InChI is InChI=1S/C13H12F2N2O/c14-10-4-3-9-7(6-16-8-1-2-8)5-11(18)17-13(9)12(10)15/h3-5,8,16H,1-2,6H2,(H,17,18). The minimum atomic E-state index is -1.00. The van der Waals surface area contributed by atoms with Crippen LogP contribution in [-0.2, 0) is 6.54 Å². The van der Waals surface area contributed by atoms with E-state index in [9.17, 15) is 13.6 Å². The SMILES string of the molecule is O=c1cc(CNC2CC2)c2ccc(F)c(F)c2[nH]1. The molecule has 94 valence electrons. The van der Waals surface area contributed by atoms with E-state index in [2.05, 4.69) is 10.3 Å². The van der Waals surface area contributed by atoms with Gasteiger partial charge < -0.3 is 10.3 Å². The Morgan fingerprint density at radius 3 is 2.83 bits per heavy atom. The predicted octanol–water partition coefficient (Wildman–Crippen LogP) is 2.06. The van der Waals surface area contributed by atoms with Gasteiger partial charge in [-0.2, -0.15) is 0 Å². The molecule has 0 saturated heterocycles. The van der Waals surface area contributed by atoms with Crippen LogP contribution >= 0.6 is 0 Å². The molecule has 1 aromatic carbocycles. The van der Waals surface area contributed by atoms with Gasteiger partial charge >= 0.3 is 0 Å². The average Bonchev–Trinajstić information content (AvgIpc) is 3.15. The van der Waals surface area contributed by atoms with Crippen LogP contribution < -0.4 is 10.9 Å². The first kappa shape index (κ1) is 11.3. The molecule has 1 aliphatic carbocycles. The van der Waals surface area contributed by atoms with Crippen LogP contribution in [0, 0.1) is 11.6 Å². The van der Waals surface area contributed by atoms with Gasteiger partial charge in [0.15, 0.2) is 11.6 Å². The van der Waals surface area contributed by atoms with E-state index < -0.39 is 17.2 Å². The molecule has 5 heteroatoms. The number of nitrogens with one attached hydrogen (secondary N) is 2. The predicted molar refractivity (Wildman–Crippen MR) is 64.3 cm³/mol. The van der Waals surface area contributed by atoms with Crippen molar-refractivity contribution in [1.82, 2.24) is 10.3 Å². The molecule has 1 aliphatic rings. The number of halogens is 2. The van der Waals surface area contributed by atoms with Crippen molar-refractivity contribution >= 4 is 10.9 Å². The summed E-state index contributed by atoms with van der Waals surface area (Å²) < 4.78 is 26.7. The third-order valence-corrected chi connectivity index (χ3v) is 3.15. The minimum Gasteiger partial charge on any atom is -0.319 e. The van der Waals surface area contributed by atoms with Gasteiger partial charge in [0.1, 0.15) is 0 Å². The van der Waals surface area contributed by atoms with E-state index in [1.807, 2.05) is 0 Å². The molecule has 0 radical (unpaired) electrons. The number of hydrogen-bond donors (Lipinski definition) is 2. The van der Waals surface area contributed by atoms with Crippen LogP contribution in [0.4, 0.5) is 8.78 Å². The zero-order valence-electron chi connectivity index (χ0n) is 9.59. The Kier molecular flexibility index (Phi) is 2.63. The van der Waals surface area contributed by atoms with Gasteiger partial charge in [-0.15, -0.1) is 0 Å². The van der Waals surface area contributed by atoms with Crippen LogP contribution in [0.15, 0.2) is 23.0 Å². The Bertz CT molecular complexity index is 662. The summed E-state index contributed by atoms with van der Waals surface area (Å²) in [5.74, 6) is -1.96. The van der Waals surface area contributed by atoms with Gasteiger partial charge in [-0.3, -0.25) is 4.79 Å². The summed E-state index contributed by atoms with van der Waals surface area (Å²) in [6, 6.07) is 4.49. The number of aromatic nitrogens is 1. The molecular formula is C13H12F2N2O. The highest BCUT2D eigenvalue weighted by molar-refractivity contribution is 5.82. The third-order valence-electron chi connectivity index (χ3n) is 3.15. The summed E-state index contributed by atoms with van der Waals surface area (Å²) in [5.41, 5.74) is 0.217. The zero-order valence-corrected chi connectivity index (χ0v) is 9.59. The highest BCUT2D eigenvalue weighted by atomic mass is 19.2. The highest BCUT2D eigenvalue weighted by Gasteiger charge is 2.20. The highest BCUT2D eigenvalue weighted by Crippen LogP contribution is 2.23. The summed E-state index contributed by atoms with van der Waals surface area (Å²) in [5, 5.41) is 3.80. The Hall–Kier alpha value is -1.75. The van der Waals surface area contributed by atoms with Crippen molar-refractivity contribution in [2.24, 2.45) is 0 Å². The third kappa shape index (κ3) is 2.01. The van der Waals surface area contributed by atoms with Gasteiger partial charge in [-0.25, -0.2) is 8.78 Å². The molecule has 0 bridgehead atoms. The molecule has 1 saturated carbocycles. The molecule has 0 aliphatic heterocycles. The number of rotatable bonds is 3. The Morgan fingerprint density at radius 1 is 1.33 bits per heavy atom. The maximum Gasteiger partial charge on any atom is 0.248 e. The molecule has 18 heavy (non-hydrogen) atoms. The minimum absolute atomic E-state index is 0.0601. The van der Waals surface area contributed by atoms with Gasteiger partial charge in [0.2, 0.25) is 5.56 Å². The van der Waals surface area contributed by atoms with Crippen molar-refractivity contribution in [2.75, 3.05) is 0 Å². The largest absolute Gasteiger partial charge is 0.319 e. The monoisotopic (exact) mass is 250 g/mol. The maximum atomic E-state index is 13.6. The van der Waals surface area contributed by atoms with Gasteiger partial charge in [-0.05, 0) is 30.5 Å². The van der Waals surface area contributed by atoms with E-state index in [4.69, 9.17) is 0 Å². The number of fused-ring (bicyclic) bond motifs is 1. The smallest absolute Gasteiger partial charge is 0.248 e. The lowest BCUT2D eigenvalue weighted by Crippen LogP contribution is -2.18. The van der Waals surface area contributed by atoms with Crippen LogP contribution in [0.1, 0.15) is 18.4 Å². The van der Waals surface area contributed by atoms with Crippen molar-refractivity contribution in [1.29, 1.82) is 0 Å². The number of H-pyrrole nitrogens is 1. The number of benzene rings is 1. The Morgan fingerprint density at radius 2 is 2.11 bits per heavy atom. The fourth-order valence-electron chi connectivity index (χ4n) is 2.02. The summed E-state index contributed by atoms with van der Waals surface area (Å²) in [7, 11) is 0. The first-order chi connectivity index (χ1) is 8.65. The Labute approximate surface area is 102 Å². The van der Waals surface area contributed by atoms with E-state index in [-0.39, 0.29) is 5.52 Å². The van der Waals surface area contributed by atoms with Crippen LogP contribution in [0.2, 0.25) is 0 Å². The first-order valence-electron chi connectivity index (χ1n) is 5.88. The molecule has 3 nitrogen and oxygen atoms in total. The van der Waals surface area contributed by atoms with E-state index in [0.717, 1.165) is 18.9 Å². The fraction of sp³-hybridized carbons (Fsp3) is 0.308. The summed E-state index contributed by atoms with van der Waals surface area (Å²) in [4.78, 5) is 13.8. The second-order valence-electron chi connectivity index (χ2n) is 4.60. The number of aromatic amines is 1. The molecule has 0 spiro atoms. The molecule has 0 atom stereocenters. The van der Waals surface area contributed by atoms with Crippen molar-refractivity contribution in [3.8, 4) is 0 Å². The van der Waals surface area contributed by atoms with Crippen LogP contribution in [-0.4, -0.2) is 11.0 Å². The summed E-state index contributed by atoms with van der Waals surface area (Å²) in [6.45, 7) is 0.496. The lowest BCUT2D eigenvalue weighted by Gasteiger charge is -2.08. The molecule has 1 heterocycles. The topological polar surface area (TPSA) is 44.9 Å². The quantitative estimate of drug-likeness (QED) is 0.875. The van der Waals surface area contributed by atoms with Crippen molar-refractivity contribution in [2.45, 2.75) is 25.4 Å². The van der Waals surface area contributed by atoms with E-state index in [0.29, 0.717) is 23.5 Å². The normalized spacial score (nSPS) is 15.2. The molecule has 2 aromatic rings. The van der Waals surface area contributed by atoms with Crippen LogP contribution in [0.3, 0.4) is 0 Å². The maximum absolute atomic E-state index is 13.6. The van der Waals surface area contributed by atoms with Crippen molar-refractivity contribution in [3.63, 3.8) is 0 Å². The summed E-state index contributed by atoms with van der Waals surface area (Å²) >= 11 is 0. The average molecular weight is 250 g/mol. The van der Waals surface area contributed by atoms with E-state index in [1.165, 1.54) is 12.1 Å². The van der Waals surface area contributed by atoms with Crippen molar-refractivity contribution in [3.05, 3.63) is 45.8 Å². The molecule has 1 aromatic heterocycles. The fourth-order valence-corrected chi connectivity index (χ4v) is 2.02. The number of pyridine rings is 1. The van der Waals surface area contributed by atoms with Crippen molar-refractivity contribution < 1.29 is 8.78 Å². The first-order valence-corrected chi connectivity index (χ1v) is 5.88. The molecule has 1 fully saturated rings. The van der Waals surface area contributed by atoms with Gasteiger partial charge in [0.25, 0.3) is 0 Å². The van der Waals surface area contributed by atoms with Gasteiger partial charge in [0, 0.05) is 24.0 Å². The van der Waals surface area contributed by atoms with Gasteiger partial charge in [0.05, 0.1) is 5.52 Å². The molecule has 0 amide bonds. The van der Waals surface area contributed by atoms with Crippen LogP contribution in [0.5, 0.6) is 0 Å². The number of hydrogen-bond acceptors (Lipinski definition) is 2. The summed E-state index contributed by atoms with van der Waals surface area (Å²) in [6.07, 6.45) is 2.26. The lowest BCUT2D eigenvalue weighted by molar-refractivity contribution is 0.515. The Balaban J connectivity index is 2.11. The lowest BCUT2D eigenvalue weighted by atomic mass is 10.1.